The highest BCUT2D eigenvalue weighted by atomic mass is 16.4. The molecule has 2 aromatic rings. The van der Waals surface area contributed by atoms with Crippen molar-refractivity contribution in [3.63, 3.8) is 0 Å². The van der Waals surface area contributed by atoms with E-state index >= 15 is 0 Å². The zero-order valence-electron chi connectivity index (χ0n) is 26.2. The quantitative estimate of drug-likeness (QED) is 0.280. The van der Waals surface area contributed by atoms with Crippen molar-refractivity contribution >= 4 is 28.5 Å². The maximum absolute atomic E-state index is 14.1. The number of rotatable bonds is 4. The molecule has 2 aromatic carbocycles. The molecular weight excluding hydrogens is 566 g/mol. The summed E-state index contributed by atoms with van der Waals surface area (Å²) in [5, 5.41) is 11.6. The Morgan fingerprint density at radius 2 is 1.51 bits per heavy atom. The van der Waals surface area contributed by atoms with Crippen molar-refractivity contribution in [1.82, 2.24) is 19.3 Å². The third-order valence-corrected chi connectivity index (χ3v) is 9.98. The largest absolute Gasteiger partial charge is 0.481 e. The maximum atomic E-state index is 14.1. The van der Waals surface area contributed by atoms with Crippen LogP contribution >= 0.6 is 0 Å². The summed E-state index contributed by atoms with van der Waals surface area (Å²) in [6, 6.07) is 20.8. The monoisotopic (exact) mass is 608 g/mol. The minimum absolute atomic E-state index is 0.0559. The summed E-state index contributed by atoms with van der Waals surface area (Å²) in [5.41, 5.74) is 5.40. The first-order chi connectivity index (χ1) is 21.9. The zero-order valence-corrected chi connectivity index (χ0v) is 26.2. The second-order valence-corrected chi connectivity index (χ2v) is 12.9. The number of carboxylic acid groups (broad SMARTS) is 1. The molecule has 5 aliphatic rings. The number of carbonyl (C=O) groups is 2. The number of piperazine rings is 2. The van der Waals surface area contributed by atoms with E-state index in [-0.39, 0.29) is 5.91 Å². The summed E-state index contributed by atoms with van der Waals surface area (Å²) in [6.45, 7) is 8.82. The number of benzene rings is 3. The number of hydrogen-bond donors (Lipinski definition) is 1. The number of aliphatic carboxylic acids is 1. The highest BCUT2D eigenvalue weighted by molar-refractivity contribution is 6.09. The molecule has 1 aliphatic carbocycles. The number of nitrogens with zero attached hydrogens (tertiary/aromatic N) is 5. The first kappa shape index (κ1) is 29.5. The third-order valence-electron chi connectivity index (χ3n) is 9.98. The van der Waals surface area contributed by atoms with Crippen LogP contribution in [0.1, 0.15) is 23.2 Å². The highest BCUT2D eigenvalue weighted by Gasteiger charge is 2.30. The number of amides is 1. The lowest BCUT2D eigenvalue weighted by Crippen LogP contribution is -2.46. The molecule has 1 amide bonds. The van der Waals surface area contributed by atoms with E-state index < -0.39 is 11.9 Å². The van der Waals surface area contributed by atoms with Crippen LogP contribution in [0.2, 0.25) is 0 Å². The number of anilines is 1. The minimum Gasteiger partial charge on any atom is -0.481 e. The smallest absolute Gasteiger partial charge is 0.306 e. The van der Waals surface area contributed by atoms with Crippen LogP contribution in [-0.2, 0) is 4.79 Å². The summed E-state index contributed by atoms with van der Waals surface area (Å²) in [7, 11) is 4.33. The van der Waals surface area contributed by atoms with Crippen molar-refractivity contribution in [3.05, 3.63) is 71.6 Å². The lowest BCUT2D eigenvalue weighted by atomic mass is 9.89. The van der Waals surface area contributed by atoms with Gasteiger partial charge in [-0.05, 0) is 56.8 Å². The molecule has 0 bridgehead atoms. The Hall–Kier alpha value is -4.21. The van der Waals surface area contributed by atoms with Crippen LogP contribution in [0.25, 0.3) is 33.4 Å². The Morgan fingerprint density at radius 3 is 2.24 bits per heavy atom. The fourth-order valence-corrected chi connectivity index (χ4v) is 7.07. The Labute approximate surface area is 263 Å². The van der Waals surface area contributed by atoms with E-state index in [2.05, 4.69) is 69.8 Å². The van der Waals surface area contributed by atoms with Crippen LogP contribution in [0.15, 0.2) is 65.1 Å². The van der Waals surface area contributed by atoms with Gasteiger partial charge in [-0.2, -0.15) is 0 Å². The zero-order chi connectivity index (χ0) is 31.1. The Balaban J connectivity index is 1.37. The molecule has 3 saturated heterocycles. The van der Waals surface area contributed by atoms with Gasteiger partial charge >= 0.3 is 5.97 Å². The SMILES string of the molecule is CN1CCN(c2ccc3c(-c4ccccc4C(=O)N4CCC(C(=O)O)CC4)c4ccc(=[N+]5CCN(C)CC5)cc-4oc3c2)CC1. The van der Waals surface area contributed by atoms with Crippen LogP contribution < -0.4 is 14.8 Å². The number of likely N-dealkylation sites (tertiary alicyclic amines) is 1. The van der Waals surface area contributed by atoms with E-state index in [9.17, 15) is 14.7 Å². The predicted molar refractivity (Wildman–Crippen MR) is 177 cm³/mol. The number of hydrogen-bond acceptors (Lipinski definition) is 6. The van der Waals surface area contributed by atoms with Gasteiger partial charge in [-0.3, -0.25) is 14.5 Å². The van der Waals surface area contributed by atoms with Crippen molar-refractivity contribution in [2.75, 3.05) is 84.4 Å². The summed E-state index contributed by atoms with van der Waals surface area (Å²) in [6.07, 6.45) is 0.951. The molecule has 0 atom stereocenters. The molecule has 45 heavy (non-hydrogen) atoms. The van der Waals surface area contributed by atoms with E-state index in [0.29, 0.717) is 31.5 Å². The average Bonchev–Trinajstić information content (AvgIpc) is 3.07. The fraction of sp³-hybridized carbons (Fsp3) is 0.417. The molecule has 9 nitrogen and oxygen atoms in total. The van der Waals surface area contributed by atoms with Crippen molar-refractivity contribution in [2.24, 2.45) is 5.92 Å². The first-order valence-electron chi connectivity index (χ1n) is 16.2. The summed E-state index contributed by atoms with van der Waals surface area (Å²) >= 11 is 0. The Kier molecular flexibility index (Phi) is 8.06. The van der Waals surface area contributed by atoms with Crippen molar-refractivity contribution in [2.45, 2.75) is 12.8 Å². The van der Waals surface area contributed by atoms with Gasteiger partial charge in [-0.25, -0.2) is 4.58 Å². The van der Waals surface area contributed by atoms with E-state index in [0.717, 1.165) is 96.8 Å². The first-order valence-corrected chi connectivity index (χ1v) is 16.2. The molecule has 1 N–H and O–H groups in total. The standard InChI is InChI=1S/C36H41N5O4/c1-37-15-19-39(20-16-37)26-7-9-30-32(23-26)45-33-24-27(40-21-17-38(2)18-22-40)8-10-31(33)34(30)28-5-3-4-6-29(28)35(42)41-13-11-25(12-14-41)36(43)44/h3-10,23-25H,11-22H2,1-2H3/p+1. The molecule has 0 unspecified atom stereocenters. The second-order valence-electron chi connectivity index (χ2n) is 12.9. The fourth-order valence-electron chi connectivity index (χ4n) is 7.07. The number of fused-ring (bicyclic) bond motifs is 2. The van der Waals surface area contributed by atoms with Gasteiger partial charge in [0.25, 0.3) is 5.91 Å². The Bertz CT molecular complexity index is 1770. The van der Waals surface area contributed by atoms with Gasteiger partial charge in [0.15, 0.2) is 13.1 Å². The molecular formula is C36H42N5O4+. The van der Waals surface area contributed by atoms with E-state index in [1.54, 1.807) is 0 Å². The summed E-state index contributed by atoms with van der Waals surface area (Å²) < 4.78 is 9.15. The Morgan fingerprint density at radius 1 is 0.800 bits per heavy atom. The van der Waals surface area contributed by atoms with E-state index in [1.807, 2.05) is 29.2 Å². The molecule has 0 spiro atoms. The van der Waals surface area contributed by atoms with Crippen LogP contribution in [0.3, 0.4) is 0 Å². The van der Waals surface area contributed by atoms with Gasteiger partial charge in [0.05, 0.1) is 25.1 Å². The minimum atomic E-state index is -0.777. The van der Waals surface area contributed by atoms with Gasteiger partial charge < -0.3 is 24.2 Å². The van der Waals surface area contributed by atoms with Gasteiger partial charge in [0, 0.05) is 79.2 Å². The predicted octanol–water partition coefficient (Wildman–Crippen LogP) is 3.61. The highest BCUT2D eigenvalue weighted by Crippen LogP contribution is 2.42. The van der Waals surface area contributed by atoms with E-state index in [4.69, 9.17) is 4.42 Å². The average molecular weight is 609 g/mol. The number of likely N-dealkylation sites (N-methyl/N-ethyl adjacent to an activating group) is 2. The van der Waals surface area contributed by atoms with Crippen LogP contribution in [0.4, 0.5) is 5.69 Å². The van der Waals surface area contributed by atoms with Crippen LogP contribution in [0.5, 0.6) is 0 Å². The van der Waals surface area contributed by atoms with Crippen LogP contribution in [0, 0.1) is 5.92 Å². The van der Waals surface area contributed by atoms with Gasteiger partial charge in [-0.1, -0.05) is 18.2 Å². The van der Waals surface area contributed by atoms with Crippen molar-refractivity contribution in [3.8, 4) is 22.5 Å². The number of carbonyl (C=O) groups excluding carboxylic acids is 1. The number of piperidine rings is 1. The molecule has 0 radical (unpaired) electrons. The molecule has 3 fully saturated rings. The molecule has 9 heteroatoms. The topological polar surface area (TPSA) is 83.5 Å². The summed E-state index contributed by atoms with van der Waals surface area (Å²) in [5.74, 6) is -0.425. The van der Waals surface area contributed by atoms with Crippen LogP contribution in [-0.4, -0.2) is 111 Å². The molecule has 0 saturated carbocycles. The second kappa shape index (κ2) is 12.3. The normalized spacial score (nSPS) is 19.0. The lowest BCUT2D eigenvalue weighted by Gasteiger charge is -2.34. The van der Waals surface area contributed by atoms with Crippen molar-refractivity contribution in [1.29, 1.82) is 0 Å². The van der Waals surface area contributed by atoms with Gasteiger partial charge in [-0.15, -0.1) is 0 Å². The molecule has 234 valence electrons. The molecule has 7 rings (SSSR count). The lowest BCUT2D eigenvalue weighted by molar-refractivity contribution is -0.143. The van der Waals surface area contributed by atoms with Crippen molar-refractivity contribution < 1.29 is 19.1 Å². The molecule has 0 aromatic heterocycles. The maximum Gasteiger partial charge on any atom is 0.306 e. The molecule has 4 aliphatic heterocycles. The van der Waals surface area contributed by atoms with Gasteiger partial charge in [0.1, 0.15) is 11.3 Å². The summed E-state index contributed by atoms with van der Waals surface area (Å²) in [4.78, 5) is 34.5. The number of carboxylic acids is 1. The molecule has 4 heterocycles. The van der Waals surface area contributed by atoms with Gasteiger partial charge in [0.2, 0.25) is 5.36 Å². The third kappa shape index (κ3) is 5.82. The van der Waals surface area contributed by atoms with E-state index in [1.165, 1.54) is 0 Å².